The summed E-state index contributed by atoms with van der Waals surface area (Å²) in [6, 6.07) is 4.35. The summed E-state index contributed by atoms with van der Waals surface area (Å²) >= 11 is 1.85. The molecule has 76 valence electrons. The van der Waals surface area contributed by atoms with Crippen molar-refractivity contribution < 1.29 is 4.79 Å². The zero-order chi connectivity index (χ0) is 10.1. The highest BCUT2D eigenvalue weighted by Crippen LogP contribution is 2.38. The molecular weight excluding hydrogens is 192 g/mol. The van der Waals surface area contributed by atoms with Gasteiger partial charge in [0.05, 0.1) is 0 Å². The fourth-order valence-electron chi connectivity index (χ4n) is 2.17. The highest BCUT2D eigenvalue weighted by atomic mass is 32.1. The first-order valence-corrected chi connectivity index (χ1v) is 6.06. The summed E-state index contributed by atoms with van der Waals surface area (Å²) in [6.07, 6.45) is 2.63. The van der Waals surface area contributed by atoms with E-state index < -0.39 is 0 Å². The molecule has 0 spiro atoms. The van der Waals surface area contributed by atoms with Crippen LogP contribution in [0.25, 0.3) is 0 Å². The van der Waals surface area contributed by atoms with Gasteiger partial charge in [-0.3, -0.25) is 4.79 Å². The summed E-state index contributed by atoms with van der Waals surface area (Å²) in [5, 5.41) is 0. The number of Topliss-reactive ketones (excluding diaryl/α,β-unsaturated/α-hetero) is 1. The molecule has 1 nitrogen and oxygen atoms in total. The molecule has 0 bridgehead atoms. The minimum Gasteiger partial charge on any atom is -0.300 e. The van der Waals surface area contributed by atoms with E-state index in [2.05, 4.69) is 26.0 Å². The maximum atomic E-state index is 11.4. The number of ketones is 1. The van der Waals surface area contributed by atoms with Crippen molar-refractivity contribution in [3.8, 4) is 0 Å². The molecule has 1 aliphatic carbocycles. The monoisotopic (exact) mass is 208 g/mol. The first-order valence-electron chi connectivity index (χ1n) is 5.25. The second-order valence-corrected chi connectivity index (χ2v) is 5.63. The van der Waals surface area contributed by atoms with Crippen LogP contribution in [0.15, 0.2) is 12.1 Å². The quantitative estimate of drug-likeness (QED) is 0.690. The van der Waals surface area contributed by atoms with Crippen molar-refractivity contribution in [3.05, 3.63) is 21.9 Å². The molecule has 2 atom stereocenters. The van der Waals surface area contributed by atoms with Gasteiger partial charge in [0, 0.05) is 28.5 Å². The van der Waals surface area contributed by atoms with Gasteiger partial charge in [-0.05, 0) is 31.4 Å². The Bertz CT molecular complexity index is 340. The van der Waals surface area contributed by atoms with E-state index in [1.165, 1.54) is 9.75 Å². The molecule has 1 aromatic heterocycles. The van der Waals surface area contributed by atoms with E-state index >= 15 is 0 Å². The van der Waals surface area contributed by atoms with Gasteiger partial charge in [-0.15, -0.1) is 11.3 Å². The highest BCUT2D eigenvalue weighted by molar-refractivity contribution is 7.12. The summed E-state index contributed by atoms with van der Waals surface area (Å²) in [6.45, 7) is 4.40. The SMILES string of the molecule is Cc1ccc(C2CC(=O)CCC2C)s1. The lowest BCUT2D eigenvalue weighted by Gasteiger charge is -2.26. The summed E-state index contributed by atoms with van der Waals surface area (Å²) in [5.74, 6) is 1.61. The lowest BCUT2D eigenvalue weighted by Crippen LogP contribution is -2.20. The third-order valence-corrected chi connectivity index (χ3v) is 4.27. The number of aryl methyl sites for hydroxylation is 1. The Morgan fingerprint density at radius 3 is 2.86 bits per heavy atom. The predicted molar refractivity (Wildman–Crippen MR) is 59.8 cm³/mol. The molecule has 2 rings (SSSR count). The van der Waals surface area contributed by atoms with E-state index in [0.717, 1.165) is 19.3 Å². The van der Waals surface area contributed by atoms with Crippen molar-refractivity contribution in [1.82, 2.24) is 0 Å². The maximum Gasteiger partial charge on any atom is 0.133 e. The average molecular weight is 208 g/mol. The van der Waals surface area contributed by atoms with Crippen molar-refractivity contribution >= 4 is 17.1 Å². The molecule has 1 saturated carbocycles. The molecule has 1 aromatic rings. The number of hydrogen-bond donors (Lipinski definition) is 0. The number of hydrogen-bond acceptors (Lipinski definition) is 2. The highest BCUT2D eigenvalue weighted by Gasteiger charge is 2.28. The fraction of sp³-hybridized carbons (Fsp3) is 0.583. The second kappa shape index (κ2) is 3.85. The lowest BCUT2D eigenvalue weighted by molar-refractivity contribution is -0.121. The summed E-state index contributed by atoms with van der Waals surface area (Å²) in [5.41, 5.74) is 0. The van der Waals surface area contributed by atoms with Crippen molar-refractivity contribution in [3.63, 3.8) is 0 Å². The molecule has 2 unspecified atom stereocenters. The van der Waals surface area contributed by atoms with Gasteiger partial charge in [-0.25, -0.2) is 0 Å². The second-order valence-electron chi connectivity index (χ2n) is 4.31. The minimum atomic E-state index is 0.444. The third-order valence-electron chi connectivity index (χ3n) is 3.14. The first-order chi connectivity index (χ1) is 6.66. The van der Waals surface area contributed by atoms with E-state index in [4.69, 9.17) is 0 Å². The molecule has 0 radical (unpaired) electrons. The number of carbonyl (C=O) groups excluding carboxylic acids is 1. The first kappa shape index (κ1) is 9.91. The van der Waals surface area contributed by atoms with Gasteiger partial charge in [-0.1, -0.05) is 6.92 Å². The van der Waals surface area contributed by atoms with Crippen LogP contribution < -0.4 is 0 Å². The topological polar surface area (TPSA) is 17.1 Å². The maximum absolute atomic E-state index is 11.4. The molecule has 1 fully saturated rings. The van der Waals surface area contributed by atoms with Gasteiger partial charge in [0.15, 0.2) is 0 Å². The van der Waals surface area contributed by atoms with Crippen molar-refractivity contribution in [2.75, 3.05) is 0 Å². The van der Waals surface area contributed by atoms with Crippen molar-refractivity contribution in [2.45, 2.75) is 39.0 Å². The molecule has 0 aromatic carbocycles. The van der Waals surface area contributed by atoms with Crippen LogP contribution in [0.4, 0.5) is 0 Å². The predicted octanol–water partition coefficient (Wildman–Crippen LogP) is 3.53. The standard InChI is InChI=1S/C12H16OS/c1-8-3-5-10(13)7-11(8)12-6-4-9(2)14-12/h4,6,8,11H,3,5,7H2,1-2H3. The van der Waals surface area contributed by atoms with Crippen LogP contribution in [0.1, 0.15) is 41.9 Å². The molecule has 0 amide bonds. The molecule has 1 aliphatic rings. The summed E-state index contributed by atoms with van der Waals surface area (Å²) < 4.78 is 0. The molecule has 1 heterocycles. The minimum absolute atomic E-state index is 0.444. The van der Waals surface area contributed by atoms with Crippen LogP contribution in [-0.4, -0.2) is 5.78 Å². The van der Waals surface area contributed by atoms with Crippen LogP contribution in [-0.2, 0) is 4.79 Å². The Kier molecular flexibility index (Phi) is 2.73. The van der Waals surface area contributed by atoms with Crippen LogP contribution in [0.3, 0.4) is 0 Å². The van der Waals surface area contributed by atoms with Gasteiger partial charge < -0.3 is 0 Å². The van der Waals surface area contributed by atoms with Crippen molar-refractivity contribution in [1.29, 1.82) is 0 Å². The summed E-state index contributed by atoms with van der Waals surface area (Å²) in [7, 11) is 0. The van der Waals surface area contributed by atoms with Gasteiger partial charge in [0.25, 0.3) is 0 Å². The van der Waals surface area contributed by atoms with Crippen molar-refractivity contribution in [2.24, 2.45) is 5.92 Å². The van der Waals surface area contributed by atoms with Gasteiger partial charge >= 0.3 is 0 Å². The third kappa shape index (κ3) is 1.90. The zero-order valence-electron chi connectivity index (χ0n) is 8.75. The van der Waals surface area contributed by atoms with Crippen LogP contribution >= 0.6 is 11.3 Å². The van der Waals surface area contributed by atoms with E-state index in [1.54, 1.807) is 0 Å². The van der Waals surface area contributed by atoms with Gasteiger partial charge in [0.1, 0.15) is 5.78 Å². The Labute approximate surface area is 89.1 Å². The smallest absolute Gasteiger partial charge is 0.133 e. The van der Waals surface area contributed by atoms with Gasteiger partial charge in [0.2, 0.25) is 0 Å². The van der Waals surface area contributed by atoms with Crippen LogP contribution in [0, 0.1) is 12.8 Å². The molecule has 2 heteroatoms. The average Bonchev–Trinajstić information content (AvgIpc) is 2.56. The normalized spacial score (nSPS) is 28.0. The summed E-state index contributed by atoms with van der Waals surface area (Å²) in [4.78, 5) is 14.2. The molecule has 0 saturated heterocycles. The molecular formula is C12H16OS. The molecule has 14 heavy (non-hydrogen) atoms. The Morgan fingerprint density at radius 2 is 2.21 bits per heavy atom. The lowest BCUT2D eigenvalue weighted by atomic mass is 9.79. The number of rotatable bonds is 1. The molecule has 0 aliphatic heterocycles. The van der Waals surface area contributed by atoms with Crippen LogP contribution in [0.5, 0.6) is 0 Å². The van der Waals surface area contributed by atoms with E-state index in [9.17, 15) is 4.79 Å². The van der Waals surface area contributed by atoms with E-state index in [-0.39, 0.29) is 0 Å². The Hall–Kier alpha value is -0.630. The van der Waals surface area contributed by atoms with E-state index in [0.29, 0.717) is 17.6 Å². The Balaban J connectivity index is 2.19. The number of thiophene rings is 1. The Morgan fingerprint density at radius 1 is 1.43 bits per heavy atom. The van der Waals surface area contributed by atoms with E-state index in [1.807, 2.05) is 11.3 Å². The molecule has 0 N–H and O–H groups in total. The number of carbonyl (C=O) groups is 1. The largest absolute Gasteiger partial charge is 0.300 e. The van der Waals surface area contributed by atoms with Gasteiger partial charge in [-0.2, -0.15) is 0 Å². The zero-order valence-corrected chi connectivity index (χ0v) is 9.56. The fourth-order valence-corrected chi connectivity index (χ4v) is 3.28. The van der Waals surface area contributed by atoms with Crippen LogP contribution in [0.2, 0.25) is 0 Å².